The molecule has 0 amide bonds. The maximum Gasteiger partial charge on any atom is 0.341 e. The Hall–Kier alpha value is -3.43. The zero-order valence-corrected chi connectivity index (χ0v) is 16.5. The Morgan fingerprint density at radius 3 is 2.87 bits per heavy atom. The van der Waals surface area contributed by atoms with Crippen LogP contribution in [0.5, 0.6) is 5.75 Å². The van der Waals surface area contributed by atoms with Crippen molar-refractivity contribution in [3.05, 3.63) is 45.8 Å². The topological polar surface area (TPSA) is 102 Å². The summed E-state index contributed by atoms with van der Waals surface area (Å²) in [5, 5.41) is 17.6. The van der Waals surface area contributed by atoms with Gasteiger partial charge in [0.1, 0.15) is 17.9 Å². The fourth-order valence-corrected chi connectivity index (χ4v) is 4.36. The number of carboxylic acids is 1. The molecule has 1 aromatic carbocycles. The van der Waals surface area contributed by atoms with E-state index in [2.05, 4.69) is 10.3 Å². The molecule has 1 N–H and O–H groups in total. The van der Waals surface area contributed by atoms with Crippen LogP contribution < -0.4 is 15.1 Å². The summed E-state index contributed by atoms with van der Waals surface area (Å²) < 4.78 is 24.7. The summed E-state index contributed by atoms with van der Waals surface area (Å²) in [5.74, 6) is -1.65. The normalized spacial score (nSPS) is 20.6. The number of hydrogen-bond acceptors (Lipinski definition) is 6. The van der Waals surface area contributed by atoms with Gasteiger partial charge in [-0.15, -0.1) is 5.10 Å². The SMILES string of the molecule is Cc1cn(C2CCN(c3c(F)cc4c(=O)c(C(=O)O)cn5c4c3OCC5C)C2)nn1. The van der Waals surface area contributed by atoms with Gasteiger partial charge in [-0.3, -0.25) is 4.79 Å². The molecule has 0 bridgehead atoms. The second-order valence-corrected chi connectivity index (χ2v) is 7.91. The molecule has 2 aliphatic rings. The molecule has 0 radical (unpaired) electrons. The van der Waals surface area contributed by atoms with Gasteiger partial charge < -0.3 is 19.3 Å². The average molecular weight is 413 g/mol. The van der Waals surface area contributed by atoms with E-state index in [0.717, 1.165) is 18.2 Å². The van der Waals surface area contributed by atoms with Crippen LogP contribution in [0.1, 0.15) is 41.5 Å². The number of pyridine rings is 1. The van der Waals surface area contributed by atoms with Crippen molar-refractivity contribution in [1.82, 2.24) is 19.6 Å². The smallest absolute Gasteiger partial charge is 0.341 e. The number of hydrogen-bond donors (Lipinski definition) is 1. The van der Waals surface area contributed by atoms with Crippen molar-refractivity contribution in [2.24, 2.45) is 0 Å². The molecular formula is C20H20FN5O4. The number of rotatable bonds is 3. The summed E-state index contributed by atoms with van der Waals surface area (Å²) in [7, 11) is 0. The lowest BCUT2D eigenvalue weighted by molar-refractivity contribution is 0.0694. The zero-order chi connectivity index (χ0) is 21.2. The van der Waals surface area contributed by atoms with Crippen LogP contribution in [-0.2, 0) is 0 Å². The molecule has 0 spiro atoms. The highest BCUT2D eigenvalue weighted by atomic mass is 19.1. The van der Waals surface area contributed by atoms with Crippen LogP contribution in [-0.4, -0.2) is 50.3 Å². The average Bonchev–Trinajstić information content (AvgIpc) is 3.34. The molecule has 0 saturated carbocycles. The lowest BCUT2D eigenvalue weighted by Crippen LogP contribution is -2.29. The fraction of sp³-hybridized carbons (Fsp3) is 0.400. The second-order valence-electron chi connectivity index (χ2n) is 7.91. The molecule has 30 heavy (non-hydrogen) atoms. The number of carboxylic acid groups (broad SMARTS) is 1. The largest absolute Gasteiger partial charge is 0.487 e. The van der Waals surface area contributed by atoms with Gasteiger partial charge in [-0.05, 0) is 26.3 Å². The molecule has 2 unspecified atom stereocenters. The van der Waals surface area contributed by atoms with Gasteiger partial charge in [0.05, 0.1) is 28.7 Å². The summed E-state index contributed by atoms with van der Waals surface area (Å²) in [6, 6.07) is 0.988. The van der Waals surface area contributed by atoms with E-state index in [0.29, 0.717) is 24.3 Å². The lowest BCUT2D eigenvalue weighted by Gasteiger charge is -2.31. The Morgan fingerprint density at radius 1 is 1.37 bits per heavy atom. The second kappa shape index (κ2) is 6.54. The molecule has 2 aromatic heterocycles. The van der Waals surface area contributed by atoms with Gasteiger partial charge in [-0.1, -0.05) is 5.21 Å². The highest BCUT2D eigenvalue weighted by molar-refractivity contribution is 5.97. The molecule has 4 heterocycles. The van der Waals surface area contributed by atoms with Gasteiger partial charge in [0.25, 0.3) is 0 Å². The minimum atomic E-state index is -1.33. The first-order chi connectivity index (χ1) is 14.3. The molecule has 2 aliphatic heterocycles. The van der Waals surface area contributed by atoms with E-state index in [9.17, 15) is 14.7 Å². The highest BCUT2D eigenvalue weighted by Crippen LogP contribution is 2.43. The molecule has 1 fully saturated rings. The number of halogens is 1. The predicted octanol–water partition coefficient (Wildman–Crippen LogP) is 2.14. The number of nitrogens with zero attached hydrogens (tertiary/aromatic N) is 5. The van der Waals surface area contributed by atoms with Crippen molar-refractivity contribution >= 4 is 22.6 Å². The number of aromatic carboxylic acids is 1. The number of aromatic nitrogens is 4. The van der Waals surface area contributed by atoms with Crippen LogP contribution in [0, 0.1) is 12.7 Å². The van der Waals surface area contributed by atoms with Gasteiger partial charge in [-0.25, -0.2) is 13.9 Å². The first-order valence-electron chi connectivity index (χ1n) is 9.76. The molecule has 156 valence electrons. The van der Waals surface area contributed by atoms with Crippen LogP contribution in [0.25, 0.3) is 10.9 Å². The molecule has 10 heteroatoms. The van der Waals surface area contributed by atoms with Crippen molar-refractivity contribution < 1.29 is 19.0 Å². The molecule has 5 rings (SSSR count). The van der Waals surface area contributed by atoms with E-state index >= 15 is 4.39 Å². The third-order valence-electron chi connectivity index (χ3n) is 5.85. The number of ether oxygens (including phenoxy) is 1. The van der Waals surface area contributed by atoms with Crippen molar-refractivity contribution in [1.29, 1.82) is 0 Å². The Kier molecular flexibility index (Phi) is 4.05. The number of benzene rings is 1. The van der Waals surface area contributed by atoms with Crippen LogP contribution in [0.3, 0.4) is 0 Å². The van der Waals surface area contributed by atoms with E-state index in [1.807, 2.05) is 24.9 Å². The minimum absolute atomic E-state index is 0.0142. The molecule has 3 aromatic rings. The van der Waals surface area contributed by atoms with Gasteiger partial charge in [0, 0.05) is 25.5 Å². The lowest BCUT2D eigenvalue weighted by atomic mass is 10.1. The van der Waals surface area contributed by atoms with Gasteiger partial charge in [0.15, 0.2) is 11.6 Å². The zero-order valence-electron chi connectivity index (χ0n) is 16.5. The standard InChI is InChI=1S/C20H20FN5O4/c1-10-6-26(23-22-10)12-3-4-24(7-12)17-15(21)5-13-16-19(17)30-9-11(2)25(16)8-14(18(13)27)20(28)29/h5-6,8,11-12H,3-4,7,9H2,1-2H3,(H,28,29). The number of carbonyl (C=O) groups is 1. The third-order valence-corrected chi connectivity index (χ3v) is 5.85. The van der Waals surface area contributed by atoms with Crippen molar-refractivity contribution in [3.8, 4) is 5.75 Å². The van der Waals surface area contributed by atoms with E-state index in [-0.39, 0.29) is 35.4 Å². The van der Waals surface area contributed by atoms with E-state index < -0.39 is 17.2 Å². The molecule has 9 nitrogen and oxygen atoms in total. The third kappa shape index (κ3) is 2.66. The van der Waals surface area contributed by atoms with Crippen molar-refractivity contribution in [3.63, 3.8) is 0 Å². The molecular weight excluding hydrogens is 393 g/mol. The Balaban J connectivity index is 1.66. The summed E-state index contributed by atoms with van der Waals surface area (Å²) >= 11 is 0. The maximum absolute atomic E-state index is 15.3. The maximum atomic E-state index is 15.3. The van der Waals surface area contributed by atoms with Crippen LogP contribution in [0.2, 0.25) is 0 Å². The van der Waals surface area contributed by atoms with Crippen molar-refractivity contribution in [2.45, 2.75) is 32.4 Å². The molecule has 2 atom stereocenters. The highest BCUT2D eigenvalue weighted by Gasteiger charge is 2.33. The first kappa shape index (κ1) is 18.6. The van der Waals surface area contributed by atoms with Gasteiger partial charge in [0.2, 0.25) is 5.43 Å². The van der Waals surface area contributed by atoms with E-state index in [1.54, 1.807) is 9.25 Å². The Morgan fingerprint density at radius 2 is 2.17 bits per heavy atom. The predicted molar refractivity (Wildman–Crippen MR) is 106 cm³/mol. The van der Waals surface area contributed by atoms with Gasteiger partial charge in [-0.2, -0.15) is 0 Å². The monoisotopic (exact) mass is 413 g/mol. The summed E-state index contributed by atoms with van der Waals surface area (Å²) in [4.78, 5) is 26.1. The summed E-state index contributed by atoms with van der Waals surface area (Å²) in [6.45, 7) is 5.09. The van der Waals surface area contributed by atoms with Crippen LogP contribution in [0.4, 0.5) is 10.1 Å². The number of aryl methyl sites for hydroxylation is 1. The first-order valence-corrected chi connectivity index (χ1v) is 9.76. The minimum Gasteiger partial charge on any atom is -0.487 e. The Labute approximate surface area is 170 Å². The molecule has 0 aliphatic carbocycles. The quantitative estimate of drug-likeness (QED) is 0.702. The van der Waals surface area contributed by atoms with E-state index in [4.69, 9.17) is 4.74 Å². The van der Waals surface area contributed by atoms with Gasteiger partial charge >= 0.3 is 5.97 Å². The molecule has 1 saturated heterocycles. The summed E-state index contributed by atoms with van der Waals surface area (Å²) in [5.41, 5.74) is 0.453. The number of anilines is 1. The van der Waals surface area contributed by atoms with Crippen LogP contribution >= 0.6 is 0 Å². The van der Waals surface area contributed by atoms with E-state index in [1.165, 1.54) is 6.20 Å². The summed E-state index contributed by atoms with van der Waals surface area (Å²) in [6.07, 6.45) is 3.95. The Bertz CT molecular complexity index is 1250. The van der Waals surface area contributed by atoms with Crippen molar-refractivity contribution in [2.75, 3.05) is 24.6 Å². The fourth-order valence-electron chi connectivity index (χ4n) is 4.36. The van der Waals surface area contributed by atoms with Crippen LogP contribution in [0.15, 0.2) is 23.3 Å².